The monoisotopic (exact) mass is 298 g/mol. The number of nitrogens with zero attached hydrogens (tertiary/aromatic N) is 1. The third kappa shape index (κ3) is 7.62. The summed E-state index contributed by atoms with van der Waals surface area (Å²) in [5.41, 5.74) is 1.31. The van der Waals surface area contributed by atoms with Gasteiger partial charge in [0.05, 0.1) is 33.0 Å². The maximum absolute atomic E-state index is 5.60. The molecule has 5 nitrogen and oxygen atoms in total. The first kappa shape index (κ1) is 18.2. The molecule has 0 amide bonds. The molecule has 0 saturated heterocycles. The molecule has 1 unspecified atom stereocenters. The fraction of sp³-hybridized carbons (Fsp3) is 0.750. The molecule has 0 aromatic carbocycles. The van der Waals surface area contributed by atoms with Gasteiger partial charge in [0.2, 0.25) is 0 Å². The summed E-state index contributed by atoms with van der Waals surface area (Å²) in [6.07, 6.45) is 3.26. The van der Waals surface area contributed by atoms with E-state index in [1.807, 2.05) is 0 Å². The minimum Gasteiger partial charge on any atom is -0.382 e. The van der Waals surface area contributed by atoms with Gasteiger partial charge in [-0.3, -0.25) is 0 Å². The van der Waals surface area contributed by atoms with Gasteiger partial charge in [0, 0.05) is 31.6 Å². The molecule has 0 fully saturated rings. The Labute approximate surface area is 128 Å². The largest absolute Gasteiger partial charge is 0.382 e. The van der Waals surface area contributed by atoms with Gasteiger partial charge >= 0.3 is 0 Å². The Kier molecular flexibility index (Phi) is 10.2. The minimum absolute atomic E-state index is 0.373. The summed E-state index contributed by atoms with van der Waals surface area (Å²) in [7, 11) is 1.67. The number of methoxy groups -OCH3 is 1. The number of hydrogen-bond donors (Lipinski definition) is 1. The van der Waals surface area contributed by atoms with E-state index in [0.717, 1.165) is 19.5 Å². The van der Waals surface area contributed by atoms with Crippen LogP contribution in [0.4, 0.5) is 0 Å². The number of nitrogens with one attached hydrogen (secondary N) is 1. The maximum Gasteiger partial charge on any atom is 0.0701 e. The smallest absolute Gasteiger partial charge is 0.0701 e. The van der Waals surface area contributed by atoms with Crippen molar-refractivity contribution < 1.29 is 14.2 Å². The van der Waals surface area contributed by atoms with Gasteiger partial charge in [-0.1, -0.05) is 6.92 Å². The Bertz CT molecular complexity index is 355. The van der Waals surface area contributed by atoms with Crippen LogP contribution in [-0.2, 0) is 20.8 Å². The first-order chi connectivity index (χ1) is 10.3. The molecule has 1 aromatic rings. The third-order valence-corrected chi connectivity index (χ3v) is 3.29. The molecule has 0 radical (unpaired) electrons. The summed E-state index contributed by atoms with van der Waals surface area (Å²) in [6.45, 7) is 9.52. The Balaban J connectivity index is 2.16. The van der Waals surface area contributed by atoms with Gasteiger partial charge in [-0.15, -0.1) is 0 Å². The highest BCUT2D eigenvalue weighted by Gasteiger charge is 2.08. The maximum atomic E-state index is 5.60. The summed E-state index contributed by atoms with van der Waals surface area (Å²) in [5.74, 6) is 0. The second-order valence-electron chi connectivity index (χ2n) is 5.02. The van der Waals surface area contributed by atoms with E-state index >= 15 is 0 Å². The zero-order valence-corrected chi connectivity index (χ0v) is 13.6. The van der Waals surface area contributed by atoms with Crippen LogP contribution in [0.1, 0.15) is 32.0 Å². The summed E-state index contributed by atoms with van der Waals surface area (Å²) in [4.78, 5) is 0. The summed E-state index contributed by atoms with van der Waals surface area (Å²) in [6, 6.07) is 4.63. The number of aromatic nitrogens is 1. The third-order valence-electron chi connectivity index (χ3n) is 3.29. The first-order valence-electron chi connectivity index (χ1n) is 7.82. The van der Waals surface area contributed by atoms with E-state index in [4.69, 9.17) is 14.2 Å². The van der Waals surface area contributed by atoms with Crippen molar-refractivity contribution in [3.8, 4) is 0 Å². The second-order valence-corrected chi connectivity index (χ2v) is 5.02. The van der Waals surface area contributed by atoms with Gasteiger partial charge < -0.3 is 24.1 Å². The van der Waals surface area contributed by atoms with Crippen molar-refractivity contribution in [1.82, 2.24) is 9.88 Å². The lowest BCUT2D eigenvalue weighted by molar-refractivity contribution is 0.0229. The van der Waals surface area contributed by atoms with Crippen LogP contribution in [0.25, 0.3) is 0 Å². The zero-order valence-electron chi connectivity index (χ0n) is 13.6. The molecular formula is C16H30N2O3. The minimum atomic E-state index is 0.373. The fourth-order valence-corrected chi connectivity index (χ4v) is 2.12. The molecule has 0 aliphatic rings. The van der Waals surface area contributed by atoms with Crippen LogP contribution in [0.5, 0.6) is 0 Å². The van der Waals surface area contributed by atoms with Crippen molar-refractivity contribution in [3.63, 3.8) is 0 Å². The molecule has 1 N–H and O–H groups in total. The summed E-state index contributed by atoms with van der Waals surface area (Å²) < 4.78 is 18.1. The van der Waals surface area contributed by atoms with E-state index in [2.05, 4.69) is 42.1 Å². The van der Waals surface area contributed by atoms with Crippen LogP contribution in [-0.4, -0.2) is 51.3 Å². The SMILES string of the molecule is CCCNC(C)c1cccn1CCOCCOCCOC. The second kappa shape index (κ2) is 11.7. The van der Waals surface area contributed by atoms with Gasteiger partial charge in [-0.2, -0.15) is 0 Å². The average Bonchev–Trinajstić information content (AvgIpc) is 2.96. The topological polar surface area (TPSA) is 44.7 Å². The predicted molar refractivity (Wildman–Crippen MR) is 84.7 cm³/mol. The lowest BCUT2D eigenvalue weighted by Crippen LogP contribution is -2.22. The number of hydrogen-bond acceptors (Lipinski definition) is 4. The zero-order chi connectivity index (χ0) is 15.3. The highest BCUT2D eigenvalue weighted by molar-refractivity contribution is 5.11. The molecule has 1 aromatic heterocycles. The van der Waals surface area contributed by atoms with Crippen LogP contribution < -0.4 is 5.32 Å². The van der Waals surface area contributed by atoms with E-state index in [1.54, 1.807) is 7.11 Å². The van der Waals surface area contributed by atoms with Gasteiger partial charge in [0.15, 0.2) is 0 Å². The standard InChI is InChI=1S/C16H30N2O3/c1-4-7-17-15(2)16-6-5-8-18(16)9-10-20-13-14-21-12-11-19-3/h5-6,8,15,17H,4,7,9-14H2,1-3H3. The Morgan fingerprint density at radius 3 is 2.57 bits per heavy atom. The molecule has 21 heavy (non-hydrogen) atoms. The molecule has 122 valence electrons. The molecule has 0 aliphatic carbocycles. The molecule has 0 spiro atoms. The normalized spacial score (nSPS) is 12.7. The molecule has 1 heterocycles. The van der Waals surface area contributed by atoms with E-state index in [0.29, 0.717) is 39.1 Å². The van der Waals surface area contributed by atoms with Crippen molar-refractivity contribution in [1.29, 1.82) is 0 Å². The van der Waals surface area contributed by atoms with Crippen molar-refractivity contribution in [2.75, 3.05) is 46.7 Å². The van der Waals surface area contributed by atoms with Crippen molar-refractivity contribution in [2.45, 2.75) is 32.9 Å². The molecule has 1 atom stereocenters. The molecule has 0 aliphatic heterocycles. The highest BCUT2D eigenvalue weighted by atomic mass is 16.5. The van der Waals surface area contributed by atoms with Crippen molar-refractivity contribution >= 4 is 0 Å². The van der Waals surface area contributed by atoms with Crippen LogP contribution in [0.15, 0.2) is 18.3 Å². The van der Waals surface area contributed by atoms with Crippen LogP contribution >= 0.6 is 0 Å². The molecular weight excluding hydrogens is 268 g/mol. The number of rotatable bonds is 13. The molecule has 5 heteroatoms. The highest BCUT2D eigenvalue weighted by Crippen LogP contribution is 2.13. The van der Waals surface area contributed by atoms with Crippen LogP contribution in [0.2, 0.25) is 0 Å². The molecule has 1 rings (SSSR count). The Morgan fingerprint density at radius 1 is 1.14 bits per heavy atom. The van der Waals surface area contributed by atoms with Gasteiger partial charge in [-0.05, 0) is 32.0 Å². The lowest BCUT2D eigenvalue weighted by atomic mass is 10.2. The van der Waals surface area contributed by atoms with E-state index in [9.17, 15) is 0 Å². The average molecular weight is 298 g/mol. The first-order valence-corrected chi connectivity index (χ1v) is 7.82. The predicted octanol–water partition coefficient (Wildman–Crippen LogP) is 2.23. The fourth-order valence-electron chi connectivity index (χ4n) is 2.12. The van der Waals surface area contributed by atoms with Crippen molar-refractivity contribution in [3.05, 3.63) is 24.0 Å². The summed E-state index contributed by atoms with van der Waals surface area (Å²) in [5, 5.41) is 3.51. The van der Waals surface area contributed by atoms with E-state index < -0.39 is 0 Å². The molecule has 0 saturated carbocycles. The molecule has 0 bridgehead atoms. The van der Waals surface area contributed by atoms with Crippen LogP contribution in [0, 0.1) is 0 Å². The Hall–Kier alpha value is -0.880. The lowest BCUT2D eigenvalue weighted by Gasteiger charge is -2.17. The number of ether oxygens (including phenoxy) is 3. The van der Waals surface area contributed by atoms with E-state index in [1.165, 1.54) is 5.69 Å². The van der Waals surface area contributed by atoms with Gasteiger partial charge in [-0.25, -0.2) is 0 Å². The Morgan fingerprint density at radius 2 is 1.86 bits per heavy atom. The van der Waals surface area contributed by atoms with Crippen molar-refractivity contribution in [2.24, 2.45) is 0 Å². The van der Waals surface area contributed by atoms with E-state index in [-0.39, 0.29) is 0 Å². The van der Waals surface area contributed by atoms with Crippen LogP contribution in [0.3, 0.4) is 0 Å². The van der Waals surface area contributed by atoms with Gasteiger partial charge in [0.1, 0.15) is 0 Å². The quantitative estimate of drug-likeness (QED) is 0.567. The summed E-state index contributed by atoms with van der Waals surface area (Å²) >= 11 is 0. The van der Waals surface area contributed by atoms with Gasteiger partial charge in [0.25, 0.3) is 0 Å².